The minimum atomic E-state index is -1.61. The number of carboxylic acid groups (broad SMARTS) is 1. The second-order valence-corrected chi connectivity index (χ2v) is 6.95. The standard InChI is InChI=1S/C17H22N6O7/c1-9(24)20-10-4-5-14(26)22-6-2-3-12(23(22)17(10)30)16(29)21-11(7-15(27)28)13(25)8-19-18/h8,10-12,18H,2-7H2,1H3,(H2-,20,21,24,27,28,29). The molecule has 2 fully saturated rings. The van der Waals surface area contributed by atoms with Gasteiger partial charge >= 0.3 is 6.21 Å². The molecule has 2 aliphatic rings. The second-order valence-electron chi connectivity index (χ2n) is 6.95. The Hall–Kier alpha value is -3.60. The van der Waals surface area contributed by atoms with Crippen LogP contribution in [0.25, 0.3) is 0 Å². The number of ketones is 1. The van der Waals surface area contributed by atoms with Crippen molar-refractivity contribution >= 4 is 41.6 Å². The number of rotatable bonds is 7. The Morgan fingerprint density at radius 3 is 2.60 bits per heavy atom. The molecule has 0 spiro atoms. The first-order chi connectivity index (χ1) is 14.1. The van der Waals surface area contributed by atoms with Crippen molar-refractivity contribution in [3.05, 3.63) is 0 Å². The number of hydrazine groups is 1. The molecule has 0 aromatic carbocycles. The third kappa shape index (κ3) is 5.26. The zero-order valence-electron chi connectivity index (χ0n) is 16.3. The van der Waals surface area contributed by atoms with Gasteiger partial charge in [-0.15, -0.1) is 0 Å². The lowest BCUT2D eigenvalue weighted by molar-refractivity contribution is -0.306. The summed E-state index contributed by atoms with van der Waals surface area (Å²) in [6.07, 6.45) is 0.319. The molecule has 2 heterocycles. The Bertz CT molecular complexity index is 821. The maximum Gasteiger partial charge on any atom is 0.374 e. The molecule has 30 heavy (non-hydrogen) atoms. The van der Waals surface area contributed by atoms with E-state index in [4.69, 9.17) is 5.53 Å². The summed E-state index contributed by atoms with van der Waals surface area (Å²) < 4.78 is 0. The number of aliphatic carboxylic acids is 1. The maximum absolute atomic E-state index is 13.0. The van der Waals surface area contributed by atoms with E-state index in [0.29, 0.717) is 12.6 Å². The van der Waals surface area contributed by atoms with Crippen LogP contribution in [0.5, 0.6) is 0 Å². The van der Waals surface area contributed by atoms with Gasteiger partial charge in [-0.1, -0.05) is 0 Å². The van der Waals surface area contributed by atoms with Crippen LogP contribution in [-0.4, -0.2) is 81.1 Å². The second kappa shape index (κ2) is 9.74. The topological polar surface area (TPSA) is 194 Å². The highest BCUT2D eigenvalue weighted by Gasteiger charge is 2.45. The van der Waals surface area contributed by atoms with Crippen LogP contribution < -0.4 is 15.7 Å². The molecule has 2 rings (SSSR count). The van der Waals surface area contributed by atoms with Gasteiger partial charge in [0.05, 0.1) is 10.3 Å². The lowest BCUT2D eigenvalue weighted by Gasteiger charge is -2.43. The molecule has 13 heteroatoms. The van der Waals surface area contributed by atoms with Gasteiger partial charge in [0.25, 0.3) is 11.7 Å². The van der Waals surface area contributed by atoms with Crippen LogP contribution in [0.15, 0.2) is 0 Å². The minimum Gasteiger partial charge on any atom is -0.550 e. The normalized spacial score (nSPS) is 22.2. The molecule has 0 saturated carbocycles. The van der Waals surface area contributed by atoms with Crippen LogP contribution in [0.3, 0.4) is 0 Å². The fraction of sp³-hybridized carbons (Fsp3) is 0.588. The van der Waals surface area contributed by atoms with E-state index in [-0.39, 0.29) is 25.8 Å². The highest BCUT2D eigenvalue weighted by atomic mass is 16.4. The van der Waals surface area contributed by atoms with Crippen LogP contribution in [0.1, 0.15) is 39.0 Å². The van der Waals surface area contributed by atoms with E-state index >= 15 is 0 Å². The fourth-order valence-corrected chi connectivity index (χ4v) is 3.46. The number of fused-ring (bicyclic) bond motifs is 1. The van der Waals surface area contributed by atoms with E-state index < -0.39 is 59.9 Å². The molecule has 13 nitrogen and oxygen atoms in total. The molecule has 3 unspecified atom stereocenters. The number of carboxylic acids is 1. The van der Waals surface area contributed by atoms with Gasteiger partial charge in [0.15, 0.2) is 0 Å². The fourth-order valence-electron chi connectivity index (χ4n) is 3.46. The highest BCUT2D eigenvalue weighted by molar-refractivity contribution is 6.28. The summed E-state index contributed by atoms with van der Waals surface area (Å²) in [4.78, 5) is 75.4. The molecule has 0 aliphatic carbocycles. The zero-order chi connectivity index (χ0) is 22.4. The molecular weight excluding hydrogens is 400 g/mol. The molecule has 2 saturated heterocycles. The molecule has 0 aromatic rings. The smallest absolute Gasteiger partial charge is 0.374 e. The van der Waals surface area contributed by atoms with Crippen molar-refractivity contribution in [2.45, 2.75) is 57.2 Å². The average molecular weight is 422 g/mol. The summed E-state index contributed by atoms with van der Waals surface area (Å²) in [7, 11) is 0. The monoisotopic (exact) mass is 422 g/mol. The summed E-state index contributed by atoms with van der Waals surface area (Å²) >= 11 is 0. The first-order valence-corrected chi connectivity index (χ1v) is 9.30. The van der Waals surface area contributed by atoms with Crippen molar-refractivity contribution in [2.75, 3.05) is 6.54 Å². The Morgan fingerprint density at radius 1 is 1.30 bits per heavy atom. The molecular formula is C17H22N6O7. The van der Waals surface area contributed by atoms with Crippen molar-refractivity contribution in [3.8, 4) is 0 Å². The van der Waals surface area contributed by atoms with Crippen molar-refractivity contribution in [3.63, 3.8) is 0 Å². The average Bonchev–Trinajstić information content (AvgIpc) is 2.79. The van der Waals surface area contributed by atoms with Crippen molar-refractivity contribution in [1.82, 2.24) is 20.7 Å². The predicted molar refractivity (Wildman–Crippen MR) is 94.0 cm³/mol. The van der Waals surface area contributed by atoms with E-state index in [1.54, 1.807) is 0 Å². The SMILES string of the molecule is CC(=O)NC1CCC(=O)N2CCCC(C(=O)NC(CC(=O)[O-])C(=O)C=[N+]=N)N2C1=O. The minimum absolute atomic E-state index is 0.00666. The van der Waals surface area contributed by atoms with E-state index in [9.17, 15) is 33.9 Å². The van der Waals surface area contributed by atoms with E-state index in [1.807, 2.05) is 0 Å². The summed E-state index contributed by atoms with van der Waals surface area (Å²) in [5.41, 5.74) is 6.70. The van der Waals surface area contributed by atoms with Crippen molar-refractivity contribution in [1.29, 1.82) is 5.53 Å². The molecule has 162 valence electrons. The Balaban J connectivity index is 2.29. The Kier molecular flexibility index (Phi) is 7.37. The van der Waals surface area contributed by atoms with Gasteiger partial charge in [0.1, 0.15) is 18.1 Å². The quantitative estimate of drug-likeness (QED) is 0.215. The molecule has 3 atom stereocenters. The van der Waals surface area contributed by atoms with Crippen molar-refractivity contribution in [2.24, 2.45) is 0 Å². The van der Waals surface area contributed by atoms with Crippen LogP contribution >= 0.6 is 0 Å². The van der Waals surface area contributed by atoms with Crippen LogP contribution in [0.2, 0.25) is 0 Å². The molecule has 0 radical (unpaired) electrons. The van der Waals surface area contributed by atoms with Gasteiger partial charge in [-0.2, -0.15) is 0 Å². The van der Waals surface area contributed by atoms with Gasteiger partial charge in [0.2, 0.25) is 17.7 Å². The largest absolute Gasteiger partial charge is 0.550 e. The molecule has 3 N–H and O–H groups in total. The number of Topliss-reactive ketones (excluding diaryl/α,β-unsaturated/α-hetero) is 1. The highest BCUT2D eigenvalue weighted by Crippen LogP contribution is 2.25. The number of carbonyl (C=O) groups is 6. The van der Waals surface area contributed by atoms with E-state index in [2.05, 4.69) is 15.4 Å². The number of carbonyl (C=O) groups excluding carboxylic acids is 6. The van der Waals surface area contributed by atoms with Gasteiger partial charge in [0, 0.05) is 32.3 Å². The summed E-state index contributed by atoms with van der Waals surface area (Å²) in [5.74, 6) is -4.89. The van der Waals surface area contributed by atoms with Gasteiger partial charge in [-0.05, 0) is 19.3 Å². The lowest BCUT2D eigenvalue weighted by atomic mass is 10.0. The van der Waals surface area contributed by atoms with Gasteiger partial charge in [-0.25, -0.2) is 5.01 Å². The van der Waals surface area contributed by atoms with Gasteiger partial charge < -0.3 is 20.5 Å². The predicted octanol–water partition coefficient (Wildman–Crippen LogP) is -3.48. The number of nitrogens with zero attached hydrogens (tertiary/aromatic N) is 3. The number of hydrogen-bond donors (Lipinski definition) is 3. The Labute approximate surface area is 171 Å². The Morgan fingerprint density at radius 2 is 2.00 bits per heavy atom. The van der Waals surface area contributed by atoms with Crippen LogP contribution in [0.4, 0.5) is 0 Å². The van der Waals surface area contributed by atoms with E-state index in [1.165, 1.54) is 6.92 Å². The van der Waals surface area contributed by atoms with Crippen LogP contribution in [-0.2, 0) is 28.8 Å². The summed E-state index contributed by atoms with van der Waals surface area (Å²) in [6, 6.07) is -3.73. The number of nitrogens with one attached hydrogen (secondary N) is 3. The first kappa shape index (κ1) is 22.7. The molecule has 2 aliphatic heterocycles. The first-order valence-electron chi connectivity index (χ1n) is 9.30. The number of hydrogen-bond acceptors (Lipinski definition) is 8. The molecule has 0 aromatic heterocycles. The van der Waals surface area contributed by atoms with Gasteiger partial charge in [-0.3, -0.25) is 29.0 Å². The lowest BCUT2D eigenvalue weighted by Crippen LogP contribution is -2.64. The third-order valence-corrected chi connectivity index (χ3v) is 4.76. The summed E-state index contributed by atoms with van der Waals surface area (Å²) in [5, 5.41) is 17.8. The van der Waals surface area contributed by atoms with E-state index in [0.717, 1.165) is 10.0 Å². The van der Waals surface area contributed by atoms with Crippen LogP contribution in [0, 0.1) is 5.53 Å². The third-order valence-electron chi connectivity index (χ3n) is 4.76. The molecule has 0 bridgehead atoms. The summed E-state index contributed by atoms with van der Waals surface area (Å²) in [6.45, 7) is 1.43. The molecule has 4 amide bonds. The number of amides is 4. The zero-order valence-corrected chi connectivity index (χ0v) is 16.3. The maximum atomic E-state index is 13.0. The van der Waals surface area contributed by atoms with Crippen molar-refractivity contribution < 1.29 is 38.7 Å².